The van der Waals surface area contributed by atoms with Crippen LogP contribution in [0.15, 0.2) is 27.5 Å². The summed E-state index contributed by atoms with van der Waals surface area (Å²) in [5.41, 5.74) is 0.958. The molecule has 2 aromatic rings. The van der Waals surface area contributed by atoms with Gasteiger partial charge in [0.05, 0.1) is 5.02 Å². The Bertz CT molecular complexity index is 865. The summed E-state index contributed by atoms with van der Waals surface area (Å²) < 4.78 is 4.53. The minimum absolute atomic E-state index is 0.0541. The molecule has 0 unspecified atom stereocenters. The molecule has 2 saturated carbocycles. The predicted molar refractivity (Wildman–Crippen MR) is 80.8 cm³/mol. The fourth-order valence-corrected chi connectivity index (χ4v) is 3.11. The van der Waals surface area contributed by atoms with Crippen molar-refractivity contribution in [2.45, 2.75) is 25.2 Å². The number of carbonyl (C=O) groups is 2. The number of halogens is 1. The number of aromatic nitrogens is 2. The van der Waals surface area contributed by atoms with E-state index >= 15 is 0 Å². The topological polar surface area (TPSA) is 93.0 Å². The van der Waals surface area contributed by atoms with Gasteiger partial charge in [-0.25, -0.2) is 9.95 Å². The van der Waals surface area contributed by atoms with Crippen LogP contribution >= 0.6 is 11.6 Å². The number of nitrogens with one attached hydrogen (secondary N) is 1. The molecule has 2 aliphatic rings. The molecule has 23 heavy (non-hydrogen) atoms. The van der Waals surface area contributed by atoms with Gasteiger partial charge in [0.1, 0.15) is 5.82 Å². The van der Waals surface area contributed by atoms with Crippen LogP contribution in [-0.4, -0.2) is 21.7 Å². The zero-order chi connectivity index (χ0) is 16.1. The van der Waals surface area contributed by atoms with Gasteiger partial charge < -0.3 is 4.52 Å². The molecular formula is C16H13ClN2O4. The first kappa shape index (κ1) is 14.4. The number of aromatic amines is 1. The minimum Gasteiger partial charge on any atom is -0.321 e. The van der Waals surface area contributed by atoms with E-state index in [-0.39, 0.29) is 29.3 Å². The fraction of sp³-hybridized carbons (Fsp3) is 0.375. The lowest BCUT2D eigenvalue weighted by Gasteiger charge is -2.05. The first-order valence-corrected chi connectivity index (χ1v) is 7.86. The van der Waals surface area contributed by atoms with Gasteiger partial charge in [-0.15, -0.1) is 0 Å². The van der Waals surface area contributed by atoms with Crippen molar-refractivity contribution >= 4 is 23.2 Å². The Morgan fingerprint density at radius 3 is 2.65 bits per heavy atom. The SMILES string of the molecule is O=C(c1ccc(C(=O)[C@H]2C[C@@H]2c2nc(=O)o[nH]2)cc1Cl)C1CC1. The Labute approximate surface area is 135 Å². The maximum absolute atomic E-state index is 12.5. The third-order valence-electron chi connectivity index (χ3n) is 4.40. The van der Waals surface area contributed by atoms with Crippen LogP contribution in [0.3, 0.4) is 0 Å². The van der Waals surface area contributed by atoms with Crippen molar-refractivity contribution in [3.05, 3.63) is 50.7 Å². The number of nitrogens with zero attached hydrogens (tertiary/aromatic N) is 1. The molecule has 2 fully saturated rings. The first-order chi connectivity index (χ1) is 11.0. The molecule has 1 aromatic carbocycles. The quantitative estimate of drug-likeness (QED) is 0.849. The highest BCUT2D eigenvalue weighted by atomic mass is 35.5. The maximum Gasteiger partial charge on any atom is 0.459 e. The number of hydrogen-bond donors (Lipinski definition) is 1. The molecule has 118 valence electrons. The molecular weight excluding hydrogens is 320 g/mol. The molecule has 0 radical (unpaired) electrons. The normalized spacial score (nSPS) is 22.8. The highest BCUT2D eigenvalue weighted by Gasteiger charge is 2.46. The average Bonchev–Trinajstić information content (AvgIpc) is 3.44. The monoisotopic (exact) mass is 332 g/mol. The van der Waals surface area contributed by atoms with E-state index in [0.29, 0.717) is 28.4 Å². The van der Waals surface area contributed by atoms with Crippen molar-refractivity contribution in [2.75, 3.05) is 0 Å². The maximum atomic E-state index is 12.5. The largest absolute Gasteiger partial charge is 0.459 e. The van der Waals surface area contributed by atoms with Crippen LogP contribution in [0.5, 0.6) is 0 Å². The number of H-pyrrole nitrogens is 1. The Hall–Kier alpha value is -2.21. The lowest BCUT2D eigenvalue weighted by molar-refractivity contribution is 0.0955. The lowest BCUT2D eigenvalue weighted by Crippen LogP contribution is -2.07. The molecule has 0 saturated heterocycles. The van der Waals surface area contributed by atoms with Crippen LogP contribution in [0.1, 0.15) is 51.7 Å². The van der Waals surface area contributed by atoms with Crippen LogP contribution in [0.25, 0.3) is 0 Å². The summed E-state index contributed by atoms with van der Waals surface area (Å²) in [6.07, 6.45) is 2.44. The summed E-state index contributed by atoms with van der Waals surface area (Å²) in [6.45, 7) is 0. The van der Waals surface area contributed by atoms with Gasteiger partial charge in [-0.3, -0.25) is 9.59 Å². The zero-order valence-corrected chi connectivity index (χ0v) is 12.8. The summed E-state index contributed by atoms with van der Waals surface area (Å²) in [7, 11) is 0. The molecule has 6 nitrogen and oxygen atoms in total. The van der Waals surface area contributed by atoms with Crippen molar-refractivity contribution in [3.63, 3.8) is 0 Å². The Morgan fingerprint density at radius 2 is 2.04 bits per heavy atom. The standard InChI is InChI=1S/C16H13ClN2O4/c17-12-5-8(3-4-9(12)13(20)7-1-2-7)14(21)10-6-11(10)15-18-16(22)23-19-15/h3-5,7,10-11H,1-2,6H2,(H,18,19,22)/t10-,11-/m0/s1. The number of benzene rings is 1. The van der Waals surface area contributed by atoms with Crippen LogP contribution in [0, 0.1) is 11.8 Å². The van der Waals surface area contributed by atoms with Gasteiger partial charge in [0.25, 0.3) is 0 Å². The number of hydrogen-bond acceptors (Lipinski definition) is 5. The minimum atomic E-state index is -0.691. The Balaban J connectivity index is 1.52. The lowest BCUT2D eigenvalue weighted by atomic mass is 10.0. The number of Topliss-reactive ketones (excluding diaryl/α,β-unsaturated/α-hetero) is 2. The highest BCUT2D eigenvalue weighted by molar-refractivity contribution is 6.34. The number of rotatable bonds is 5. The smallest absolute Gasteiger partial charge is 0.321 e. The summed E-state index contributed by atoms with van der Waals surface area (Å²) in [5, 5.41) is 2.76. The van der Waals surface area contributed by atoms with Crippen molar-refractivity contribution in [1.82, 2.24) is 10.1 Å². The second-order valence-electron chi connectivity index (χ2n) is 6.11. The molecule has 2 aliphatic carbocycles. The molecule has 2 atom stereocenters. The Morgan fingerprint density at radius 1 is 1.26 bits per heavy atom. The molecule has 1 aromatic heterocycles. The molecule has 7 heteroatoms. The van der Waals surface area contributed by atoms with Crippen molar-refractivity contribution in [2.24, 2.45) is 11.8 Å². The van der Waals surface area contributed by atoms with Gasteiger partial charge >= 0.3 is 5.76 Å². The summed E-state index contributed by atoms with van der Waals surface area (Å²) in [6, 6.07) is 4.83. The van der Waals surface area contributed by atoms with E-state index in [1.54, 1.807) is 18.2 Å². The van der Waals surface area contributed by atoms with Crippen LogP contribution in [0.2, 0.25) is 5.02 Å². The second kappa shape index (κ2) is 5.16. The van der Waals surface area contributed by atoms with Crippen molar-refractivity contribution in [1.29, 1.82) is 0 Å². The van der Waals surface area contributed by atoms with Gasteiger partial charge in [-0.1, -0.05) is 17.7 Å². The van der Waals surface area contributed by atoms with E-state index in [2.05, 4.69) is 14.7 Å². The van der Waals surface area contributed by atoms with Gasteiger partial charge in [0.2, 0.25) is 0 Å². The third-order valence-corrected chi connectivity index (χ3v) is 4.71. The molecule has 1 heterocycles. The molecule has 0 bridgehead atoms. The van der Waals surface area contributed by atoms with E-state index in [1.165, 1.54) is 0 Å². The summed E-state index contributed by atoms with van der Waals surface area (Å²) in [4.78, 5) is 39.2. The zero-order valence-electron chi connectivity index (χ0n) is 12.0. The van der Waals surface area contributed by atoms with E-state index in [9.17, 15) is 14.4 Å². The van der Waals surface area contributed by atoms with E-state index in [1.807, 2.05) is 0 Å². The van der Waals surface area contributed by atoms with E-state index in [4.69, 9.17) is 11.6 Å². The van der Waals surface area contributed by atoms with Gasteiger partial charge in [0.15, 0.2) is 11.6 Å². The van der Waals surface area contributed by atoms with Crippen molar-refractivity contribution < 1.29 is 14.1 Å². The first-order valence-electron chi connectivity index (χ1n) is 7.48. The second-order valence-corrected chi connectivity index (χ2v) is 6.52. The van der Waals surface area contributed by atoms with E-state index in [0.717, 1.165) is 12.8 Å². The molecule has 0 aliphatic heterocycles. The van der Waals surface area contributed by atoms with Gasteiger partial charge in [-0.05, 0) is 31.4 Å². The van der Waals surface area contributed by atoms with Gasteiger partial charge in [-0.2, -0.15) is 4.98 Å². The molecule has 4 rings (SSSR count). The number of carbonyl (C=O) groups excluding carboxylic acids is 2. The van der Waals surface area contributed by atoms with E-state index < -0.39 is 5.76 Å². The van der Waals surface area contributed by atoms with Crippen LogP contribution < -0.4 is 5.76 Å². The Kier molecular flexibility index (Phi) is 3.23. The predicted octanol–water partition coefficient (Wildman–Crippen LogP) is 2.60. The number of ketones is 2. The fourth-order valence-electron chi connectivity index (χ4n) is 2.83. The molecule has 0 spiro atoms. The third kappa shape index (κ3) is 2.63. The highest BCUT2D eigenvalue weighted by Crippen LogP contribution is 2.47. The van der Waals surface area contributed by atoms with Crippen LogP contribution in [0.4, 0.5) is 0 Å². The molecule has 0 amide bonds. The van der Waals surface area contributed by atoms with Gasteiger partial charge in [0, 0.05) is 28.9 Å². The van der Waals surface area contributed by atoms with Crippen LogP contribution in [-0.2, 0) is 0 Å². The summed E-state index contributed by atoms with van der Waals surface area (Å²) in [5.74, 6) is -0.572. The van der Waals surface area contributed by atoms with Crippen molar-refractivity contribution in [3.8, 4) is 0 Å². The summed E-state index contributed by atoms with van der Waals surface area (Å²) >= 11 is 6.17. The average molecular weight is 333 g/mol. The molecule has 1 N–H and O–H groups in total.